The van der Waals surface area contributed by atoms with Gasteiger partial charge in [-0.3, -0.25) is 9.52 Å². The molecule has 2 aromatic carbocycles. The monoisotopic (exact) mass is 522 g/mol. The molecular formula is C27H30N4O5S. The van der Waals surface area contributed by atoms with E-state index in [0.717, 1.165) is 54.7 Å². The van der Waals surface area contributed by atoms with E-state index in [0.29, 0.717) is 17.7 Å². The summed E-state index contributed by atoms with van der Waals surface area (Å²) in [6.07, 6.45) is 1.94. The van der Waals surface area contributed by atoms with Crippen LogP contribution < -0.4 is 20.3 Å². The van der Waals surface area contributed by atoms with Gasteiger partial charge in [0.05, 0.1) is 23.7 Å². The first kappa shape index (κ1) is 25.1. The molecule has 3 aliphatic rings. The van der Waals surface area contributed by atoms with Gasteiger partial charge in [-0.25, -0.2) is 8.42 Å². The summed E-state index contributed by atoms with van der Waals surface area (Å²) in [5.74, 6) is -0.305. The summed E-state index contributed by atoms with van der Waals surface area (Å²) in [4.78, 5) is 14.8. The van der Waals surface area contributed by atoms with Gasteiger partial charge in [0.1, 0.15) is 5.75 Å². The smallest absolute Gasteiger partial charge is 0.255 e. The van der Waals surface area contributed by atoms with Crippen LogP contribution in [0.5, 0.6) is 5.75 Å². The average molecular weight is 523 g/mol. The van der Waals surface area contributed by atoms with Crippen LogP contribution in [0.15, 0.2) is 60.7 Å². The highest BCUT2D eigenvalue weighted by Crippen LogP contribution is 2.48. The number of fused-ring (bicyclic) bond motifs is 1. The maximum absolute atomic E-state index is 12.5. The van der Waals surface area contributed by atoms with Crippen molar-refractivity contribution in [2.75, 3.05) is 40.8 Å². The lowest BCUT2D eigenvalue weighted by molar-refractivity contribution is 0.102. The molecule has 1 atom stereocenters. The second kappa shape index (κ2) is 10.0. The van der Waals surface area contributed by atoms with Crippen molar-refractivity contribution in [2.45, 2.75) is 25.0 Å². The van der Waals surface area contributed by atoms with Gasteiger partial charge in [0.2, 0.25) is 10.0 Å². The number of benzene rings is 3. The maximum Gasteiger partial charge on any atom is 0.255 e. The summed E-state index contributed by atoms with van der Waals surface area (Å²) < 4.78 is 25.2. The number of hydrogen-bond acceptors (Lipinski definition) is 7. The summed E-state index contributed by atoms with van der Waals surface area (Å²) >= 11 is 0. The highest BCUT2D eigenvalue weighted by molar-refractivity contribution is 7.92. The predicted molar refractivity (Wildman–Crippen MR) is 145 cm³/mol. The standard InChI is InChI=1S/C27H30N4O5S/c1-37(35,36)30-23-15-18(7-10-24(23)32)25(33)16-28-19-11-13-31(14-12-19)20-8-5-17(6-9-20)27(34)29-26-21-3-2-4-22(21)26/h2-10,15,19,25,28,30,32-33H,11-14,16H2,1H3,(H,29,34)/t25-/m0/s1. The third kappa shape index (κ3) is 5.87. The Bertz CT molecular complexity index is 1400. The van der Waals surface area contributed by atoms with Crippen molar-refractivity contribution in [2.24, 2.45) is 0 Å². The lowest BCUT2D eigenvalue weighted by atomic mass is 10.0. The number of amides is 1. The lowest BCUT2D eigenvalue weighted by Crippen LogP contribution is -2.43. The van der Waals surface area contributed by atoms with Crippen LogP contribution in [0.25, 0.3) is 11.1 Å². The van der Waals surface area contributed by atoms with Gasteiger partial charge < -0.3 is 25.7 Å². The number of aliphatic hydroxyl groups excluding tert-OH is 1. The number of phenols is 1. The van der Waals surface area contributed by atoms with E-state index in [4.69, 9.17) is 0 Å². The minimum absolute atomic E-state index is 0.0399. The number of phenolic OH excluding ortho intramolecular Hbond substituents is 1. The fourth-order valence-electron chi connectivity index (χ4n) is 4.73. The molecule has 1 fully saturated rings. The molecule has 1 saturated heterocycles. The lowest BCUT2D eigenvalue weighted by Gasteiger charge is -2.34. The molecular weight excluding hydrogens is 492 g/mol. The van der Waals surface area contributed by atoms with Crippen LogP contribution >= 0.6 is 0 Å². The zero-order chi connectivity index (χ0) is 26.2. The normalized spacial score (nSPS) is 15.8. The number of aliphatic hydroxyl groups is 1. The van der Waals surface area contributed by atoms with Crippen molar-refractivity contribution in [3.8, 4) is 16.9 Å². The Morgan fingerprint density at radius 3 is 2.38 bits per heavy atom. The van der Waals surface area contributed by atoms with Crippen LogP contribution in [0, 0.1) is 0 Å². The first-order valence-electron chi connectivity index (χ1n) is 12.2. The van der Waals surface area contributed by atoms with Crippen molar-refractivity contribution in [1.82, 2.24) is 5.32 Å². The van der Waals surface area contributed by atoms with Crippen molar-refractivity contribution in [1.29, 1.82) is 0 Å². The molecule has 0 bridgehead atoms. The molecule has 0 radical (unpaired) electrons. The van der Waals surface area contributed by atoms with E-state index in [1.807, 2.05) is 42.5 Å². The van der Waals surface area contributed by atoms with Crippen LogP contribution in [0.2, 0.25) is 0 Å². The van der Waals surface area contributed by atoms with Crippen LogP contribution in [0.1, 0.15) is 34.9 Å². The van der Waals surface area contributed by atoms with E-state index in [1.54, 1.807) is 6.07 Å². The van der Waals surface area contributed by atoms with Crippen LogP contribution in [-0.2, 0) is 10.0 Å². The Balaban J connectivity index is 1.09. The van der Waals surface area contributed by atoms with E-state index < -0.39 is 16.1 Å². The SMILES string of the molecule is CS(=O)(=O)Nc1cc([C@@H](O)CNC2CCN(c3ccc(C(=O)Nc4c5cccc4-5)cc3)CC2)ccc1O. The number of anilines is 3. The molecule has 2 aromatic rings. The number of nitrogens with one attached hydrogen (secondary N) is 3. The topological polar surface area (TPSA) is 131 Å². The molecule has 10 heteroatoms. The van der Waals surface area contributed by atoms with E-state index in [2.05, 4.69) is 20.3 Å². The van der Waals surface area contributed by atoms with Gasteiger partial charge in [0.15, 0.2) is 0 Å². The minimum Gasteiger partial charge on any atom is -0.506 e. The Kier molecular flexibility index (Phi) is 6.80. The highest BCUT2D eigenvalue weighted by Gasteiger charge is 2.26. The third-order valence-electron chi connectivity index (χ3n) is 6.82. The first-order valence-corrected chi connectivity index (χ1v) is 14.1. The van der Waals surface area contributed by atoms with Crippen molar-refractivity contribution in [3.63, 3.8) is 0 Å². The first-order chi connectivity index (χ1) is 17.7. The summed E-state index contributed by atoms with van der Waals surface area (Å²) in [5, 5.41) is 26.8. The van der Waals surface area contributed by atoms with Crippen LogP contribution in [0.4, 0.5) is 17.1 Å². The molecule has 9 nitrogen and oxygen atoms in total. The number of carbonyl (C=O) groups is 1. The van der Waals surface area contributed by atoms with E-state index >= 15 is 0 Å². The van der Waals surface area contributed by atoms with Crippen LogP contribution in [-0.4, -0.2) is 56.5 Å². The van der Waals surface area contributed by atoms with Gasteiger partial charge in [0, 0.05) is 48.1 Å². The number of hydrogen-bond donors (Lipinski definition) is 5. The average Bonchev–Trinajstić information content (AvgIpc) is 3.28. The molecule has 0 saturated carbocycles. The van der Waals surface area contributed by atoms with Gasteiger partial charge in [-0.1, -0.05) is 24.3 Å². The Hall–Kier alpha value is -3.60. The Labute approximate surface area is 216 Å². The second-order valence-corrected chi connectivity index (χ2v) is 11.3. The summed E-state index contributed by atoms with van der Waals surface area (Å²) in [7, 11) is -3.55. The summed E-state index contributed by atoms with van der Waals surface area (Å²) in [5.41, 5.74) is 5.40. The van der Waals surface area contributed by atoms with Gasteiger partial charge in [-0.2, -0.15) is 0 Å². The van der Waals surface area contributed by atoms with Gasteiger partial charge in [-0.15, -0.1) is 0 Å². The number of carbonyl (C=O) groups excluding carboxylic acids is 1. The zero-order valence-electron chi connectivity index (χ0n) is 20.4. The molecule has 5 rings (SSSR count). The molecule has 1 heterocycles. The second-order valence-electron chi connectivity index (χ2n) is 9.57. The van der Waals surface area contributed by atoms with Crippen molar-refractivity contribution in [3.05, 3.63) is 71.8 Å². The van der Waals surface area contributed by atoms with E-state index in [9.17, 15) is 23.4 Å². The molecule has 0 aromatic heterocycles. The molecule has 0 spiro atoms. The molecule has 1 aliphatic heterocycles. The van der Waals surface area contributed by atoms with Gasteiger partial charge in [0.25, 0.3) is 5.91 Å². The van der Waals surface area contributed by atoms with E-state index in [1.165, 1.54) is 12.1 Å². The summed E-state index contributed by atoms with van der Waals surface area (Å²) in [6.45, 7) is 2.00. The zero-order valence-corrected chi connectivity index (χ0v) is 21.3. The summed E-state index contributed by atoms with van der Waals surface area (Å²) in [6, 6.07) is 18.2. The Morgan fingerprint density at radius 1 is 1.05 bits per heavy atom. The molecule has 1 amide bonds. The largest absolute Gasteiger partial charge is 0.506 e. The van der Waals surface area contributed by atoms with Gasteiger partial charge in [-0.05, 0) is 54.8 Å². The van der Waals surface area contributed by atoms with Crippen LogP contribution in [0.3, 0.4) is 0 Å². The van der Waals surface area contributed by atoms with Crippen molar-refractivity contribution < 1.29 is 23.4 Å². The molecule has 2 aliphatic carbocycles. The highest BCUT2D eigenvalue weighted by atomic mass is 32.2. The van der Waals surface area contributed by atoms with Gasteiger partial charge >= 0.3 is 0 Å². The third-order valence-corrected chi connectivity index (χ3v) is 7.41. The molecule has 37 heavy (non-hydrogen) atoms. The predicted octanol–water partition coefficient (Wildman–Crippen LogP) is 3.29. The quantitative estimate of drug-likeness (QED) is 0.213. The number of piperidine rings is 1. The fraction of sp³-hybridized carbons (Fsp3) is 0.296. The minimum atomic E-state index is -3.55. The number of nitrogens with zero attached hydrogens (tertiary/aromatic N) is 1. The number of rotatable bonds is 9. The maximum atomic E-state index is 12.5. The number of para-hydroxylation sites is 1. The molecule has 5 N–H and O–H groups in total. The Morgan fingerprint density at radius 2 is 1.73 bits per heavy atom. The fourth-order valence-corrected chi connectivity index (χ4v) is 5.29. The molecule has 194 valence electrons. The molecule has 0 unspecified atom stereocenters. The number of sulfonamides is 1. The van der Waals surface area contributed by atoms with Crippen molar-refractivity contribution >= 4 is 33.0 Å². The number of aromatic hydroxyl groups is 1. The van der Waals surface area contributed by atoms with E-state index in [-0.39, 0.29) is 23.4 Å².